The standard InChI is InChI=1S/C15H21N5O2/c1-12-17-13(11-22-12)10-20-15(21)8-14(9-16-20)19-5-3-4-18(2)6-7-19/h8-9,11H,3-7,10H2,1-2H3. The van der Waals surface area contributed by atoms with E-state index in [0.717, 1.165) is 38.3 Å². The van der Waals surface area contributed by atoms with Crippen molar-refractivity contribution in [1.82, 2.24) is 19.7 Å². The molecule has 0 N–H and O–H groups in total. The first-order valence-corrected chi connectivity index (χ1v) is 7.53. The molecule has 0 radical (unpaired) electrons. The van der Waals surface area contributed by atoms with Crippen molar-refractivity contribution in [3.05, 3.63) is 40.5 Å². The number of likely N-dealkylation sites (N-methyl/N-ethyl adjacent to an activating group) is 1. The van der Waals surface area contributed by atoms with Gasteiger partial charge in [-0.15, -0.1) is 0 Å². The zero-order valence-electron chi connectivity index (χ0n) is 13.0. The Morgan fingerprint density at radius 1 is 1.27 bits per heavy atom. The summed E-state index contributed by atoms with van der Waals surface area (Å²) in [4.78, 5) is 21.0. The highest BCUT2D eigenvalue weighted by atomic mass is 16.3. The van der Waals surface area contributed by atoms with Crippen molar-refractivity contribution in [3.63, 3.8) is 0 Å². The van der Waals surface area contributed by atoms with Gasteiger partial charge in [-0.05, 0) is 20.0 Å². The quantitative estimate of drug-likeness (QED) is 0.833. The van der Waals surface area contributed by atoms with Gasteiger partial charge in [0.1, 0.15) is 12.0 Å². The predicted octanol–water partition coefficient (Wildman–Crippen LogP) is 0.730. The Morgan fingerprint density at radius 2 is 2.14 bits per heavy atom. The molecule has 1 saturated heterocycles. The van der Waals surface area contributed by atoms with E-state index < -0.39 is 0 Å². The summed E-state index contributed by atoms with van der Waals surface area (Å²) in [5.41, 5.74) is 1.49. The van der Waals surface area contributed by atoms with Crippen LogP contribution in [0.4, 0.5) is 5.69 Å². The molecule has 0 saturated carbocycles. The number of hydrogen-bond acceptors (Lipinski definition) is 6. The zero-order chi connectivity index (χ0) is 15.5. The summed E-state index contributed by atoms with van der Waals surface area (Å²) in [6.45, 7) is 6.08. The molecule has 3 heterocycles. The Bertz CT molecular complexity index is 693. The summed E-state index contributed by atoms with van der Waals surface area (Å²) in [7, 11) is 2.12. The summed E-state index contributed by atoms with van der Waals surface area (Å²) in [5, 5.41) is 4.27. The maximum absolute atomic E-state index is 12.2. The molecule has 22 heavy (non-hydrogen) atoms. The average molecular weight is 303 g/mol. The van der Waals surface area contributed by atoms with Crippen molar-refractivity contribution in [2.24, 2.45) is 0 Å². The lowest BCUT2D eigenvalue weighted by Gasteiger charge is -2.22. The van der Waals surface area contributed by atoms with Gasteiger partial charge in [0.25, 0.3) is 5.56 Å². The van der Waals surface area contributed by atoms with Gasteiger partial charge in [0.2, 0.25) is 0 Å². The fourth-order valence-corrected chi connectivity index (χ4v) is 2.65. The molecule has 0 amide bonds. The third-order valence-electron chi connectivity index (χ3n) is 3.92. The number of aromatic nitrogens is 3. The smallest absolute Gasteiger partial charge is 0.269 e. The van der Waals surface area contributed by atoms with Crippen LogP contribution in [0.25, 0.3) is 0 Å². The van der Waals surface area contributed by atoms with Crippen molar-refractivity contribution in [1.29, 1.82) is 0 Å². The van der Waals surface area contributed by atoms with E-state index in [1.807, 2.05) is 0 Å². The minimum atomic E-state index is -0.115. The van der Waals surface area contributed by atoms with Gasteiger partial charge in [-0.2, -0.15) is 5.10 Å². The summed E-state index contributed by atoms with van der Waals surface area (Å²) < 4.78 is 6.56. The van der Waals surface area contributed by atoms with Crippen LogP contribution in [0.1, 0.15) is 18.0 Å². The van der Waals surface area contributed by atoms with Crippen LogP contribution in [0.2, 0.25) is 0 Å². The van der Waals surface area contributed by atoms with Crippen LogP contribution < -0.4 is 10.5 Å². The first-order valence-electron chi connectivity index (χ1n) is 7.53. The second-order valence-corrected chi connectivity index (χ2v) is 5.71. The zero-order valence-corrected chi connectivity index (χ0v) is 13.0. The largest absolute Gasteiger partial charge is 0.449 e. The summed E-state index contributed by atoms with van der Waals surface area (Å²) in [6, 6.07) is 1.66. The van der Waals surface area contributed by atoms with Gasteiger partial charge in [-0.25, -0.2) is 9.67 Å². The summed E-state index contributed by atoms with van der Waals surface area (Å²) >= 11 is 0. The van der Waals surface area contributed by atoms with Gasteiger partial charge >= 0.3 is 0 Å². The van der Waals surface area contributed by atoms with Gasteiger partial charge in [0.15, 0.2) is 5.89 Å². The van der Waals surface area contributed by atoms with Crippen LogP contribution in [0.3, 0.4) is 0 Å². The van der Waals surface area contributed by atoms with Crippen molar-refractivity contribution in [2.45, 2.75) is 19.9 Å². The van der Waals surface area contributed by atoms with Crippen LogP contribution in [-0.4, -0.2) is 52.9 Å². The molecule has 1 aliphatic rings. The molecule has 0 bridgehead atoms. The van der Waals surface area contributed by atoms with Gasteiger partial charge in [0, 0.05) is 32.6 Å². The Hall–Kier alpha value is -2.15. The van der Waals surface area contributed by atoms with E-state index in [2.05, 4.69) is 26.9 Å². The highest BCUT2D eigenvalue weighted by molar-refractivity contribution is 5.43. The number of aryl methyl sites for hydroxylation is 1. The van der Waals surface area contributed by atoms with Gasteiger partial charge in [-0.1, -0.05) is 0 Å². The molecule has 7 nitrogen and oxygen atoms in total. The second kappa shape index (κ2) is 6.31. The topological polar surface area (TPSA) is 67.4 Å². The molecule has 0 unspecified atom stereocenters. The molecule has 7 heteroatoms. The van der Waals surface area contributed by atoms with Crippen molar-refractivity contribution < 1.29 is 4.42 Å². The first kappa shape index (κ1) is 14.8. The van der Waals surface area contributed by atoms with Crippen LogP contribution in [0.15, 0.2) is 27.7 Å². The lowest BCUT2D eigenvalue weighted by Crippen LogP contribution is -2.31. The molecule has 3 rings (SSSR count). The van der Waals surface area contributed by atoms with Crippen molar-refractivity contribution in [2.75, 3.05) is 38.1 Å². The van der Waals surface area contributed by atoms with E-state index in [1.165, 1.54) is 4.68 Å². The molecule has 0 aliphatic carbocycles. The van der Waals surface area contributed by atoms with E-state index in [0.29, 0.717) is 18.1 Å². The number of oxazole rings is 1. The maximum Gasteiger partial charge on any atom is 0.269 e. The summed E-state index contributed by atoms with van der Waals surface area (Å²) in [5.74, 6) is 0.591. The van der Waals surface area contributed by atoms with Crippen LogP contribution in [-0.2, 0) is 6.54 Å². The monoisotopic (exact) mass is 303 g/mol. The van der Waals surface area contributed by atoms with Gasteiger partial charge in [-0.3, -0.25) is 4.79 Å². The Kier molecular flexibility index (Phi) is 4.24. The lowest BCUT2D eigenvalue weighted by molar-refractivity contribution is 0.360. The lowest BCUT2D eigenvalue weighted by atomic mass is 10.3. The highest BCUT2D eigenvalue weighted by Gasteiger charge is 2.14. The second-order valence-electron chi connectivity index (χ2n) is 5.71. The predicted molar refractivity (Wildman–Crippen MR) is 83.2 cm³/mol. The molecule has 0 aromatic carbocycles. The normalized spacial score (nSPS) is 16.7. The van der Waals surface area contributed by atoms with E-state index >= 15 is 0 Å². The number of hydrogen-bond donors (Lipinski definition) is 0. The SMILES string of the molecule is Cc1nc(Cn2ncc(N3CCCN(C)CC3)cc2=O)co1. The highest BCUT2D eigenvalue weighted by Crippen LogP contribution is 2.13. The molecule has 2 aromatic rings. The average Bonchev–Trinajstić information content (AvgIpc) is 2.77. The maximum atomic E-state index is 12.2. The molecule has 0 spiro atoms. The Balaban J connectivity index is 1.75. The van der Waals surface area contributed by atoms with Crippen LogP contribution in [0.5, 0.6) is 0 Å². The van der Waals surface area contributed by atoms with Gasteiger partial charge < -0.3 is 14.2 Å². The van der Waals surface area contributed by atoms with Gasteiger partial charge in [0.05, 0.1) is 18.4 Å². The molecular weight excluding hydrogens is 282 g/mol. The van der Waals surface area contributed by atoms with Crippen molar-refractivity contribution in [3.8, 4) is 0 Å². The van der Waals surface area contributed by atoms with E-state index in [9.17, 15) is 4.79 Å². The molecular formula is C15H21N5O2. The van der Waals surface area contributed by atoms with E-state index in [-0.39, 0.29) is 5.56 Å². The third-order valence-corrected chi connectivity index (χ3v) is 3.92. The molecule has 0 atom stereocenters. The Morgan fingerprint density at radius 3 is 2.86 bits per heavy atom. The third kappa shape index (κ3) is 3.36. The number of nitrogens with zero attached hydrogens (tertiary/aromatic N) is 5. The molecule has 2 aromatic heterocycles. The first-order chi connectivity index (χ1) is 10.6. The Labute approximate surface area is 129 Å². The van der Waals surface area contributed by atoms with Crippen LogP contribution >= 0.6 is 0 Å². The minimum Gasteiger partial charge on any atom is -0.449 e. The van der Waals surface area contributed by atoms with Crippen LogP contribution in [0, 0.1) is 6.92 Å². The fraction of sp³-hybridized carbons (Fsp3) is 0.533. The molecule has 1 aliphatic heterocycles. The summed E-state index contributed by atoms with van der Waals surface area (Å²) in [6.07, 6.45) is 4.42. The molecule has 118 valence electrons. The van der Waals surface area contributed by atoms with Crippen molar-refractivity contribution >= 4 is 5.69 Å². The molecule has 1 fully saturated rings. The number of anilines is 1. The van der Waals surface area contributed by atoms with E-state index in [1.54, 1.807) is 25.5 Å². The fourth-order valence-electron chi connectivity index (χ4n) is 2.65. The minimum absolute atomic E-state index is 0.115. The number of rotatable bonds is 3. The van der Waals surface area contributed by atoms with E-state index in [4.69, 9.17) is 4.42 Å².